The minimum absolute atomic E-state index is 0.133. The highest BCUT2D eigenvalue weighted by molar-refractivity contribution is 6.32. The lowest BCUT2D eigenvalue weighted by Crippen LogP contribution is -2.20. The summed E-state index contributed by atoms with van der Waals surface area (Å²) in [5.41, 5.74) is 0.459. The first-order valence-corrected chi connectivity index (χ1v) is 8.31. The normalized spacial score (nSPS) is 10.4. The summed E-state index contributed by atoms with van der Waals surface area (Å²) in [5.74, 6) is 1.19. The van der Waals surface area contributed by atoms with Crippen LogP contribution in [0.1, 0.15) is 0 Å². The van der Waals surface area contributed by atoms with Gasteiger partial charge in [0.1, 0.15) is 17.2 Å². The van der Waals surface area contributed by atoms with Crippen molar-refractivity contribution in [3.8, 4) is 17.2 Å². The molecule has 0 aromatic heterocycles. The van der Waals surface area contributed by atoms with E-state index in [-0.39, 0.29) is 12.5 Å². The number of rotatable bonds is 6. The second-order valence-corrected chi connectivity index (χ2v) is 5.94. The molecule has 0 bridgehead atoms. The predicted octanol–water partition coefficient (Wildman–Crippen LogP) is 4.53. The molecule has 3 aromatic rings. The lowest BCUT2D eigenvalue weighted by atomic mass is 10.1. The number of hydrogen-bond donors (Lipinski definition) is 1. The molecular weight excluding hydrogens is 354 g/mol. The first kappa shape index (κ1) is 17.9. The summed E-state index contributed by atoms with van der Waals surface area (Å²) in [6.07, 6.45) is 0. The van der Waals surface area contributed by atoms with Gasteiger partial charge in [0.2, 0.25) is 0 Å². The number of fused-ring (bicyclic) bond motifs is 1. The van der Waals surface area contributed by atoms with Gasteiger partial charge in [0.25, 0.3) is 5.91 Å². The summed E-state index contributed by atoms with van der Waals surface area (Å²) >= 11 is 6.06. The number of carbonyl (C=O) groups excluding carboxylic acids is 1. The van der Waals surface area contributed by atoms with Crippen LogP contribution in [0.25, 0.3) is 10.8 Å². The van der Waals surface area contributed by atoms with Gasteiger partial charge in [-0.15, -0.1) is 0 Å². The predicted molar refractivity (Wildman–Crippen MR) is 103 cm³/mol. The van der Waals surface area contributed by atoms with E-state index in [1.807, 2.05) is 42.5 Å². The summed E-state index contributed by atoms with van der Waals surface area (Å²) in [6.45, 7) is -0.133. The number of hydrogen-bond acceptors (Lipinski definition) is 4. The molecule has 3 aromatic carbocycles. The smallest absolute Gasteiger partial charge is 0.262 e. The van der Waals surface area contributed by atoms with Crippen LogP contribution >= 0.6 is 11.6 Å². The first-order valence-electron chi connectivity index (χ1n) is 7.93. The summed E-state index contributed by atoms with van der Waals surface area (Å²) in [7, 11) is 3.00. The van der Waals surface area contributed by atoms with Crippen molar-refractivity contribution in [3.63, 3.8) is 0 Å². The van der Waals surface area contributed by atoms with Gasteiger partial charge in [-0.2, -0.15) is 0 Å². The molecule has 0 fully saturated rings. The number of benzene rings is 3. The third-order valence-electron chi connectivity index (χ3n) is 3.84. The number of methoxy groups -OCH3 is 2. The fourth-order valence-electron chi connectivity index (χ4n) is 2.55. The highest BCUT2D eigenvalue weighted by Gasteiger charge is 2.13. The Morgan fingerprint density at radius 1 is 0.962 bits per heavy atom. The Bertz CT molecular complexity index is 942. The monoisotopic (exact) mass is 371 g/mol. The van der Waals surface area contributed by atoms with E-state index in [0.29, 0.717) is 28.0 Å². The van der Waals surface area contributed by atoms with Crippen LogP contribution in [0.15, 0.2) is 54.6 Å². The molecule has 0 spiro atoms. The maximum absolute atomic E-state index is 12.2. The molecule has 134 valence electrons. The van der Waals surface area contributed by atoms with E-state index in [2.05, 4.69) is 5.32 Å². The van der Waals surface area contributed by atoms with Crippen LogP contribution in [0, 0.1) is 0 Å². The van der Waals surface area contributed by atoms with E-state index in [4.69, 9.17) is 25.8 Å². The van der Waals surface area contributed by atoms with Crippen molar-refractivity contribution >= 4 is 34.0 Å². The second kappa shape index (κ2) is 7.97. The highest BCUT2D eigenvalue weighted by Crippen LogP contribution is 2.35. The van der Waals surface area contributed by atoms with Gasteiger partial charge < -0.3 is 19.5 Å². The zero-order valence-corrected chi connectivity index (χ0v) is 15.2. The van der Waals surface area contributed by atoms with Crippen LogP contribution in [0.2, 0.25) is 5.02 Å². The maximum Gasteiger partial charge on any atom is 0.262 e. The maximum atomic E-state index is 12.2. The molecule has 0 saturated carbocycles. The van der Waals surface area contributed by atoms with E-state index >= 15 is 0 Å². The van der Waals surface area contributed by atoms with E-state index in [1.54, 1.807) is 12.1 Å². The Balaban J connectivity index is 1.68. The van der Waals surface area contributed by atoms with Crippen molar-refractivity contribution < 1.29 is 19.0 Å². The quantitative estimate of drug-likeness (QED) is 0.691. The molecule has 1 amide bonds. The van der Waals surface area contributed by atoms with Gasteiger partial charge in [-0.25, -0.2) is 0 Å². The van der Waals surface area contributed by atoms with Crippen molar-refractivity contribution in [2.24, 2.45) is 0 Å². The van der Waals surface area contributed by atoms with Crippen LogP contribution in [-0.4, -0.2) is 26.7 Å². The number of anilines is 1. The van der Waals surface area contributed by atoms with Gasteiger partial charge in [-0.1, -0.05) is 41.9 Å². The second-order valence-electron chi connectivity index (χ2n) is 5.53. The molecule has 6 heteroatoms. The van der Waals surface area contributed by atoms with E-state index in [0.717, 1.165) is 10.8 Å². The Kier molecular flexibility index (Phi) is 5.49. The number of halogens is 1. The van der Waals surface area contributed by atoms with Gasteiger partial charge in [-0.3, -0.25) is 4.79 Å². The van der Waals surface area contributed by atoms with Gasteiger partial charge in [-0.05, 0) is 22.9 Å². The molecule has 3 rings (SSSR count). The van der Waals surface area contributed by atoms with Crippen molar-refractivity contribution in [1.29, 1.82) is 0 Å². The molecular formula is C20H18ClNO4. The fraction of sp³-hybridized carbons (Fsp3) is 0.150. The van der Waals surface area contributed by atoms with Crippen LogP contribution in [0.5, 0.6) is 17.2 Å². The van der Waals surface area contributed by atoms with Gasteiger partial charge in [0, 0.05) is 12.1 Å². The lowest BCUT2D eigenvalue weighted by molar-refractivity contribution is -0.118. The Morgan fingerprint density at radius 2 is 1.69 bits per heavy atom. The van der Waals surface area contributed by atoms with E-state index < -0.39 is 0 Å². The topological polar surface area (TPSA) is 56.8 Å². The van der Waals surface area contributed by atoms with Gasteiger partial charge >= 0.3 is 0 Å². The first-order chi connectivity index (χ1) is 12.6. The molecule has 26 heavy (non-hydrogen) atoms. The van der Waals surface area contributed by atoms with Gasteiger partial charge in [0.05, 0.1) is 24.9 Å². The average Bonchev–Trinajstić information content (AvgIpc) is 2.67. The molecule has 0 unspecified atom stereocenters. The molecule has 0 aliphatic carbocycles. The third-order valence-corrected chi connectivity index (χ3v) is 4.13. The summed E-state index contributed by atoms with van der Waals surface area (Å²) < 4.78 is 16.0. The average molecular weight is 372 g/mol. The molecule has 0 radical (unpaired) electrons. The van der Waals surface area contributed by atoms with Crippen molar-refractivity contribution in [1.82, 2.24) is 0 Å². The third kappa shape index (κ3) is 4.00. The van der Waals surface area contributed by atoms with Crippen LogP contribution < -0.4 is 19.5 Å². The van der Waals surface area contributed by atoms with Crippen molar-refractivity contribution in [3.05, 3.63) is 59.6 Å². The van der Waals surface area contributed by atoms with Crippen LogP contribution in [0.4, 0.5) is 5.69 Å². The molecule has 0 heterocycles. The summed E-state index contributed by atoms with van der Waals surface area (Å²) in [6, 6.07) is 16.8. The zero-order chi connectivity index (χ0) is 18.5. The lowest BCUT2D eigenvalue weighted by Gasteiger charge is -2.13. The van der Waals surface area contributed by atoms with E-state index in [9.17, 15) is 4.79 Å². The molecule has 0 atom stereocenters. The SMILES string of the molecule is COc1cc(NC(=O)COc2ccc3ccccc3c2)c(OC)cc1Cl. The summed E-state index contributed by atoms with van der Waals surface area (Å²) in [5, 5.41) is 5.30. The Morgan fingerprint density at radius 3 is 2.42 bits per heavy atom. The van der Waals surface area contributed by atoms with Crippen molar-refractivity contribution in [2.75, 3.05) is 26.1 Å². The molecule has 5 nitrogen and oxygen atoms in total. The zero-order valence-electron chi connectivity index (χ0n) is 14.4. The number of amides is 1. The number of ether oxygens (including phenoxy) is 3. The van der Waals surface area contributed by atoms with E-state index in [1.165, 1.54) is 14.2 Å². The molecule has 0 saturated heterocycles. The fourth-order valence-corrected chi connectivity index (χ4v) is 2.78. The van der Waals surface area contributed by atoms with Crippen molar-refractivity contribution in [2.45, 2.75) is 0 Å². The minimum Gasteiger partial charge on any atom is -0.495 e. The highest BCUT2D eigenvalue weighted by atomic mass is 35.5. The Hall–Kier alpha value is -2.92. The van der Waals surface area contributed by atoms with Gasteiger partial charge in [0.15, 0.2) is 6.61 Å². The molecule has 0 aliphatic rings. The standard InChI is InChI=1S/C20H18ClNO4/c1-24-18-11-17(19(25-2)10-16(18)21)22-20(23)12-26-15-8-7-13-5-3-4-6-14(13)9-15/h3-11H,12H2,1-2H3,(H,22,23). The number of nitrogens with one attached hydrogen (secondary N) is 1. The summed E-state index contributed by atoms with van der Waals surface area (Å²) in [4.78, 5) is 12.2. The molecule has 0 aliphatic heterocycles. The largest absolute Gasteiger partial charge is 0.495 e. The van der Waals surface area contributed by atoms with Crippen LogP contribution in [0.3, 0.4) is 0 Å². The van der Waals surface area contributed by atoms with Crippen LogP contribution in [-0.2, 0) is 4.79 Å². The minimum atomic E-state index is -0.319. The Labute approximate surface area is 156 Å². The molecule has 1 N–H and O–H groups in total. The number of carbonyl (C=O) groups is 1.